The molecule has 2 fully saturated rings. The first-order valence-corrected chi connectivity index (χ1v) is 12.3. The van der Waals surface area contributed by atoms with Crippen LogP contribution in [0.25, 0.3) is 5.69 Å². The zero-order chi connectivity index (χ0) is 26.5. The zero-order valence-electron chi connectivity index (χ0n) is 20.5. The SMILES string of the molecule is OC[C@H]1O[C@H](C#Cc2cnn(-c3ccc(O[C@@H]4CCOC4)cc3)c2)[C@](O)(C#Cc2ccccc2)[C@@H](O)[C@@H]1O. The van der Waals surface area contributed by atoms with Crippen LogP contribution in [0, 0.1) is 23.7 Å². The van der Waals surface area contributed by atoms with Crippen molar-refractivity contribution >= 4 is 0 Å². The molecule has 0 saturated carbocycles. The lowest BCUT2D eigenvalue weighted by molar-refractivity contribution is -0.239. The summed E-state index contributed by atoms with van der Waals surface area (Å²) in [6.45, 7) is 0.739. The third kappa shape index (κ3) is 5.59. The van der Waals surface area contributed by atoms with Gasteiger partial charge in [-0.3, -0.25) is 0 Å². The number of aliphatic hydroxyl groups excluding tert-OH is 3. The van der Waals surface area contributed by atoms with Gasteiger partial charge in [-0.25, -0.2) is 4.68 Å². The lowest BCUT2D eigenvalue weighted by Gasteiger charge is -2.43. The van der Waals surface area contributed by atoms with Crippen LogP contribution >= 0.6 is 0 Å². The van der Waals surface area contributed by atoms with Crippen molar-refractivity contribution in [3.05, 3.63) is 78.1 Å². The van der Waals surface area contributed by atoms with E-state index in [0.29, 0.717) is 24.3 Å². The Kier molecular flexibility index (Phi) is 7.77. The monoisotopic (exact) mass is 516 g/mol. The van der Waals surface area contributed by atoms with E-state index >= 15 is 0 Å². The maximum atomic E-state index is 11.3. The Morgan fingerprint density at radius 2 is 1.84 bits per heavy atom. The number of hydrogen-bond donors (Lipinski definition) is 4. The summed E-state index contributed by atoms with van der Waals surface area (Å²) in [6, 6.07) is 16.4. The highest BCUT2D eigenvalue weighted by atomic mass is 16.6. The Hall–Kier alpha value is -3.67. The fourth-order valence-corrected chi connectivity index (χ4v) is 4.26. The van der Waals surface area contributed by atoms with Crippen LogP contribution in [0.5, 0.6) is 5.75 Å². The summed E-state index contributed by atoms with van der Waals surface area (Å²) in [4.78, 5) is 0. The van der Waals surface area contributed by atoms with Crippen molar-refractivity contribution < 1.29 is 34.6 Å². The molecule has 0 unspecified atom stereocenters. The summed E-state index contributed by atoms with van der Waals surface area (Å²) in [7, 11) is 0. The molecule has 9 nitrogen and oxygen atoms in total. The van der Waals surface area contributed by atoms with Crippen molar-refractivity contribution in [2.24, 2.45) is 0 Å². The molecular weight excluding hydrogens is 488 g/mol. The number of benzene rings is 2. The lowest BCUT2D eigenvalue weighted by atomic mass is 9.82. The van der Waals surface area contributed by atoms with Gasteiger partial charge >= 0.3 is 0 Å². The van der Waals surface area contributed by atoms with Gasteiger partial charge in [0.2, 0.25) is 0 Å². The number of rotatable bonds is 4. The van der Waals surface area contributed by atoms with E-state index in [4.69, 9.17) is 14.2 Å². The molecule has 0 bridgehead atoms. The molecule has 6 atom stereocenters. The van der Waals surface area contributed by atoms with E-state index < -0.39 is 36.6 Å². The zero-order valence-corrected chi connectivity index (χ0v) is 20.5. The van der Waals surface area contributed by atoms with Gasteiger partial charge in [-0.1, -0.05) is 41.9 Å². The molecule has 2 aromatic carbocycles. The van der Waals surface area contributed by atoms with Crippen LogP contribution in [0.1, 0.15) is 17.5 Å². The molecule has 1 aromatic heterocycles. The Morgan fingerprint density at radius 3 is 2.55 bits per heavy atom. The van der Waals surface area contributed by atoms with Crippen molar-refractivity contribution in [3.63, 3.8) is 0 Å². The molecule has 3 aromatic rings. The van der Waals surface area contributed by atoms with Gasteiger partial charge in [0.1, 0.15) is 30.2 Å². The number of aliphatic hydroxyl groups is 4. The first kappa shape index (κ1) is 26.0. The van der Waals surface area contributed by atoms with Gasteiger partial charge in [0.05, 0.1) is 37.3 Å². The molecule has 5 rings (SSSR count). The maximum Gasteiger partial charge on any atom is 0.191 e. The molecule has 0 amide bonds. The first-order valence-electron chi connectivity index (χ1n) is 12.3. The lowest BCUT2D eigenvalue weighted by Crippen LogP contribution is -2.65. The summed E-state index contributed by atoms with van der Waals surface area (Å²) in [5.74, 6) is 11.9. The van der Waals surface area contributed by atoms with Crippen molar-refractivity contribution in [2.45, 2.75) is 42.5 Å². The first-order chi connectivity index (χ1) is 18.5. The molecular formula is C29H28N2O7. The van der Waals surface area contributed by atoms with Gasteiger partial charge in [-0.05, 0) is 36.4 Å². The molecule has 0 spiro atoms. The quantitative estimate of drug-likeness (QED) is 0.373. The minimum absolute atomic E-state index is 0.0653. The summed E-state index contributed by atoms with van der Waals surface area (Å²) in [5.41, 5.74) is -0.278. The average molecular weight is 517 g/mol. The maximum absolute atomic E-state index is 11.3. The normalized spacial score (nSPS) is 28.6. The van der Waals surface area contributed by atoms with Crippen molar-refractivity contribution in [1.82, 2.24) is 9.78 Å². The highest BCUT2D eigenvalue weighted by molar-refractivity contribution is 5.42. The summed E-state index contributed by atoms with van der Waals surface area (Å²) in [5, 5.41) is 46.3. The van der Waals surface area contributed by atoms with E-state index in [0.717, 1.165) is 17.9 Å². The molecule has 9 heteroatoms. The van der Waals surface area contributed by atoms with Gasteiger partial charge in [0.25, 0.3) is 0 Å². The summed E-state index contributed by atoms with van der Waals surface area (Å²) < 4.78 is 18.5. The largest absolute Gasteiger partial charge is 0.488 e. The molecule has 3 heterocycles. The Morgan fingerprint density at radius 1 is 1.05 bits per heavy atom. The van der Waals surface area contributed by atoms with Crippen LogP contribution in [0.4, 0.5) is 0 Å². The Bertz CT molecular complexity index is 1350. The van der Waals surface area contributed by atoms with Crippen LogP contribution in [-0.4, -0.2) is 86.1 Å². The summed E-state index contributed by atoms with van der Waals surface area (Å²) in [6.07, 6.45) is -1.52. The van der Waals surface area contributed by atoms with Crippen LogP contribution in [0.15, 0.2) is 67.0 Å². The molecule has 196 valence electrons. The van der Waals surface area contributed by atoms with Crippen LogP contribution in [0.3, 0.4) is 0 Å². The Labute approximate surface area is 220 Å². The molecule has 2 aliphatic rings. The molecule has 38 heavy (non-hydrogen) atoms. The van der Waals surface area contributed by atoms with Gasteiger partial charge in [-0.2, -0.15) is 5.10 Å². The standard InChI is InChI=1S/C29H28N2O7/c32-18-25-27(33)28(34)29(35,14-12-20-4-2-1-3-5-20)26(38-25)11-6-21-16-30-31(17-21)22-7-9-23(10-8-22)37-24-13-15-36-19-24/h1-5,7-10,16-17,24-28,32-35H,13,15,18-19H2/t24-,25-,26-,27-,28+,29-/m1/s1. The van der Waals surface area contributed by atoms with Crippen LogP contribution in [0.2, 0.25) is 0 Å². The predicted octanol–water partition coefficient (Wildman–Crippen LogP) is 0.656. The number of nitrogens with zero attached hydrogens (tertiary/aromatic N) is 2. The van der Waals surface area contributed by atoms with E-state index in [-0.39, 0.29) is 6.10 Å². The highest BCUT2D eigenvalue weighted by Crippen LogP contribution is 2.30. The van der Waals surface area contributed by atoms with E-state index in [1.165, 1.54) is 0 Å². The fraction of sp³-hybridized carbons (Fsp3) is 0.345. The second-order valence-corrected chi connectivity index (χ2v) is 9.15. The van der Waals surface area contributed by atoms with Gasteiger partial charge in [0, 0.05) is 18.2 Å². The minimum atomic E-state index is -2.20. The third-order valence-electron chi connectivity index (χ3n) is 6.45. The molecule has 4 N–H and O–H groups in total. The minimum Gasteiger partial charge on any atom is -0.488 e. The summed E-state index contributed by atoms with van der Waals surface area (Å²) >= 11 is 0. The second-order valence-electron chi connectivity index (χ2n) is 9.15. The van der Waals surface area contributed by atoms with Crippen molar-refractivity contribution in [1.29, 1.82) is 0 Å². The number of hydrogen-bond acceptors (Lipinski definition) is 8. The van der Waals surface area contributed by atoms with Crippen LogP contribution in [-0.2, 0) is 9.47 Å². The van der Waals surface area contributed by atoms with Gasteiger partial charge < -0.3 is 34.6 Å². The molecule has 2 aliphatic heterocycles. The van der Waals surface area contributed by atoms with E-state index in [2.05, 4.69) is 28.8 Å². The predicted molar refractivity (Wildman–Crippen MR) is 136 cm³/mol. The fourth-order valence-electron chi connectivity index (χ4n) is 4.26. The molecule has 2 saturated heterocycles. The number of ether oxygens (including phenoxy) is 3. The third-order valence-corrected chi connectivity index (χ3v) is 6.45. The van der Waals surface area contributed by atoms with Crippen molar-refractivity contribution in [2.75, 3.05) is 19.8 Å². The smallest absolute Gasteiger partial charge is 0.191 e. The molecule has 0 radical (unpaired) electrons. The highest BCUT2D eigenvalue weighted by Gasteiger charge is 2.53. The second kappa shape index (κ2) is 11.4. The molecule has 0 aliphatic carbocycles. The van der Waals surface area contributed by atoms with E-state index in [1.807, 2.05) is 30.3 Å². The van der Waals surface area contributed by atoms with E-state index in [1.54, 1.807) is 41.3 Å². The topological polar surface area (TPSA) is 126 Å². The van der Waals surface area contributed by atoms with Gasteiger partial charge in [0.15, 0.2) is 11.7 Å². The van der Waals surface area contributed by atoms with Crippen LogP contribution < -0.4 is 4.74 Å². The van der Waals surface area contributed by atoms with Gasteiger partial charge in [-0.15, -0.1) is 0 Å². The van der Waals surface area contributed by atoms with Crippen molar-refractivity contribution in [3.8, 4) is 35.1 Å². The van der Waals surface area contributed by atoms with E-state index in [9.17, 15) is 20.4 Å². The average Bonchev–Trinajstić information content (AvgIpc) is 3.64. The Balaban J connectivity index is 1.36. The number of aromatic nitrogens is 2.